The van der Waals surface area contributed by atoms with Gasteiger partial charge in [-0.2, -0.15) is 11.8 Å². The number of carbonyl (C=O) groups excluding carboxylic acids is 1. The molecule has 2 N–H and O–H groups in total. The largest absolute Gasteiger partial charge is 0.493 e. The first-order valence-corrected chi connectivity index (χ1v) is 8.21. The summed E-state index contributed by atoms with van der Waals surface area (Å²) in [6, 6.07) is 2.91. The van der Waals surface area contributed by atoms with Gasteiger partial charge in [0.1, 0.15) is 0 Å². The lowest BCUT2D eigenvalue weighted by Gasteiger charge is -2.23. The number of amides is 1. The number of nitrogens with two attached hydrogens (primary N) is 1. The standard InChI is InChI=1S/C15H24N2O4S/c1-17(15(18)11(16)6-7-22-5)10-8-12(19-2)14(21-4)13(9-10)20-3/h8-9,11H,6-7,16H2,1-5H3/t11-/m0/s1. The van der Waals surface area contributed by atoms with Crippen molar-refractivity contribution in [1.82, 2.24) is 0 Å². The number of nitrogens with zero attached hydrogens (tertiary/aromatic N) is 1. The van der Waals surface area contributed by atoms with Crippen LogP contribution in [0.15, 0.2) is 12.1 Å². The van der Waals surface area contributed by atoms with Gasteiger partial charge in [-0.3, -0.25) is 4.79 Å². The SMILES string of the molecule is COc1cc(N(C)C(=O)[C@@H](N)CCSC)cc(OC)c1OC. The zero-order valence-corrected chi connectivity index (χ0v) is 14.5. The predicted octanol–water partition coefficient (Wildman–Crippen LogP) is 1.76. The minimum Gasteiger partial charge on any atom is -0.493 e. The van der Waals surface area contributed by atoms with Crippen LogP contribution in [0.2, 0.25) is 0 Å². The van der Waals surface area contributed by atoms with Gasteiger partial charge in [-0.25, -0.2) is 0 Å². The van der Waals surface area contributed by atoms with Crippen LogP contribution in [-0.4, -0.2) is 52.3 Å². The molecular weight excluding hydrogens is 304 g/mol. The Labute approximate surface area is 135 Å². The Kier molecular flexibility index (Phi) is 7.34. The highest BCUT2D eigenvalue weighted by atomic mass is 32.2. The van der Waals surface area contributed by atoms with E-state index in [9.17, 15) is 4.79 Å². The van der Waals surface area contributed by atoms with E-state index in [1.165, 1.54) is 26.2 Å². The molecule has 6 nitrogen and oxygen atoms in total. The van der Waals surface area contributed by atoms with Crippen molar-refractivity contribution >= 4 is 23.4 Å². The number of likely N-dealkylation sites (N-methyl/N-ethyl adjacent to an activating group) is 1. The van der Waals surface area contributed by atoms with Crippen LogP contribution in [0, 0.1) is 0 Å². The first-order chi connectivity index (χ1) is 10.5. The van der Waals surface area contributed by atoms with Gasteiger partial charge < -0.3 is 24.8 Å². The number of hydrogen-bond donors (Lipinski definition) is 1. The topological polar surface area (TPSA) is 74.0 Å². The van der Waals surface area contributed by atoms with E-state index in [0.717, 1.165) is 5.75 Å². The number of benzene rings is 1. The van der Waals surface area contributed by atoms with Crippen molar-refractivity contribution in [2.75, 3.05) is 45.3 Å². The molecule has 0 unspecified atom stereocenters. The number of ether oxygens (including phenoxy) is 3. The molecule has 0 aliphatic heterocycles. The average molecular weight is 328 g/mol. The maximum atomic E-state index is 12.4. The Balaban J connectivity index is 3.07. The minimum atomic E-state index is -0.531. The van der Waals surface area contributed by atoms with E-state index in [4.69, 9.17) is 19.9 Å². The zero-order chi connectivity index (χ0) is 16.7. The quantitative estimate of drug-likeness (QED) is 0.784. The van der Waals surface area contributed by atoms with Crippen molar-refractivity contribution < 1.29 is 19.0 Å². The highest BCUT2D eigenvalue weighted by Gasteiger charge is 2.22. The Hall–Kier alpha value is -1.60. The zero-order valence-electron chi connectivity index (χ0n) is 13.7. The maximum absolute atomic E-state index is 12.4. The van der Waals surface area contributed by atoms with E-state index in [2.05, 4.69) is 0 Å². The molecule has 0 heterocycles. The van der Waals surface area contributed by atoms with Crippen molar-refractivity contribution in [3.05, 3.63) is 12.1 Å². The lowest BCUT2D eigenvalue weighted by Crippen LogP contribution is -2.42. The highest BCUT2D eigenvalue weighted by molar-refractivity contribution is 7.98. The van der Waals surface area contributed by atoms with Gasteiger partial charge in [0.25, 0.3) is 0 Å². The lowest BCUT2D eigenvalue weighted by molar-refractivity contribution is -0.119. The first kappa shape index (κ1) is 18.4. The number of rotatable bonds is 8. The van der Waals surface area contributed by atoms with Crippen LogP contribution >= 0.6 is 11.8 Å². The predicted molar refractivity (Wildman–Crippen MR) is 90.5 cm³/mol. The molecule has 1 atom stereocenters. The Morgan fingerprint density at radius 3 is 2.18 bits per heavy atom. The summed E-state index contributed by atoms with van der Waals surface area (Å²) >= 11 is 1.66. The molecule has 1 aromatic carbocycles. The summed E-state index contributed by atoms with van der Waals surface area (Å²) in [6.45, 7) is 0. The molecular formula is C15H24N2O4S. The molecule has 124 valence electrons. The third kappa shape index (κ3) is 4.20. The molecule has 0 fully saturated rings. The average Bonchev–Trinajstić information content (AvgIpc) is 2.56. The van der Waals surface area contributed by atoms with E-state index in [1.54, 1.807) is 30.9 Å². The van der Waals surface area contributed by atoms with Crippen molar-refractivity contribution in [3.63, 3.8) is 0 Å². The van der Waals surface area contributed by atoms with Crippen LogP contribution in [0.25, 0.3) is 0 Å². The summed E-state index contributed by atoms with van der Waals surface area (Å²) in [5.74, 6) is 2.17. The van der Waals surface area contributed by atoms with E-state index >= 15 is 0 Å². The van der Waals surface area contributed by atoms with Crippen LogP contribution in [0.5, 0.6) is 17.2 Å². The van der Waals surface area contributed by atoms with Crippen molar-refractivity contribution in [2.24, 2.45) is 5.73 Å². The molecule has 1 rings (SSSR count). The van der Waals surface area contributed by atoms with E-state index < -0.39 is 6.04 Å². The molecule has 0 saturated carbocycles. The molecule has 0 aliphatic rings. The summed E-state index contributed by atoms with van der Waals surface area (Å²) in [7, 11) is 6.29. The third-order valence-electron chi connectivity index (χ3n) is 3.32. The smallest absolute Gasteiger partial charge is 0.243 e. The molecule has 7 heteroatoms. The number of methoxy groups -OCH3 is 3. The van der Waals surface area contributed by atoms with Crippen LogP contribution in [-0.2, 0) is 4.79 Å². The van der Waals surface area contributed by atoms with Gasteiger partial charge >= 0.3 is 0 Å². The third-order valence-corrected chi connectivity index (χ3v) is 3.96. The van der Waals surface area contributed by atoms with Crippen molar-refractivity contribution in [3.8, 4) is 17.2 Å². The molecule has 0 bridgehead atoms. The normalized spacial score (nSPS) is 11.7. The van der Waals surface area contributed by atoms with Gasteiger partial charge in [0.15, 0.2) is 11.5 Å². The fourth-order valence-corrected chi connectivity index (χ4v) is 2.49. The van der Waals surface area contributed by atoms with E-state index in [-0.39, 0.29) is 5.91 Å². The molecule has 1 amide bonds. The molecule has 0 saturated heterocycles. The second kappa shape index (κ2) is 8.75. The fraction of sp³-hybridized carbons (Fsp3) is 0.533. The summed E-state index contributed by atoms with van der Waals surface area (Å²) in [6.07, 6.45) is 2.62. The first-order valence-electron chi connectivity index (χ1n) is 6.82. The molecule has 0 aromatic heterocycles. The van der Waals surface area contributed by atoms with Gasteiger partial charge in [-0.05, 0) is 18.4 Å². The summed E-state index contributed by atoms with van der Waals surface area (Å²) in [5, 5.41) is 0. The maximum Gasteiger partial charge on any atom is 0.243 e. The Morgan fingerprint density at radius 1 is 1.23 bits per heavy atom. The molecule has 0 radical (unpaired) electrons. The van der Waals surface area contributed by atoms with Crippen LogP contribution in [0.1, 0.15) is 6.42 Å². The van der Waals surface area contributed by atoms with Gasteiger partial charge in [0.2, 0.25) is 11.7 Å². The van der Waals surface area contributed by atoms with Gasteiger partial charge in [-0.15, -0.1) is 0 Å². The second-order valence-corrected chi connectivity index (χ2v) is 5.65. The monoisotopic (exact) mass is 328 g/mol. The second-order valence-electron chi connectivity index (χ2n) is 4.67. The summed E-state index contributed by atoms with van der Waals surface area (Å²) in [5.41, 5.74) is 6.59. The van der Waals surface area contributed by atoms with Crippen LogP contribution < -0.4 is 24.8 Å². The van der Waals surface area contributed by atoms with Gasteiger partial charge in [0, 0.05) is 19.2 Å². The minimum absolute atomic E-state index is 0.150. The van der Waals surface area contributed by atoms with Crippen molar-refractivity contribution in [1.29, 1.82) is 0 Å². The molecule has 22 heavy (non-hydrogen) atoms. The van der Waals surface area contributed by atoms with Gasteiger partial charge in [0.05, 0.1) is 33.1 Å². The number of thioether (sulfide) groups is 1. The molecule has 1 aromatic rings. The van der Waals surface area contributed by atoms with Crippen molar-refractivity contribution in [2.45, 2.75) is 12.5 Å². The number of hydrogen-bond acceptors (Lipinski definition) is 6. The van der Waals surface area contributed by atoms with Crippen LogP contribution in [0.4, 0.5) is 5.69 Å². The summed E-state index contributed by atoms with van der Waals surface area (Å²) in [4.78, 5) is 13.9. The van der Waals surface area contributed by atoms with Gasteiger partial charge in [-0.1, -0.05) is 0 Å². The van der Waals surface area contributed by atoms with Crippen LogP contribution in [0.3, 0.4) is 0 Å². The number of carbonyl (C=O) groups is 1. The lowest BCUT2D eigenvalue weighted by atomic mass is 10.2. The number of anilines is 1. The van der Waals surface area contributed by atoms with E-state index in [0.29, 0.717) is 29.4 Å². The highest BCUT2D eigenvalue weighted by Crippen LogP contribution is 2.40. The molecule has 0 aliphatic carbocycles. The Morgan fingerprint density at radius 2 is 1.77 bits per heavy atom. The van der Waals surface area contributed by atoms with E-state index in [1.807, 2.05) is 6.26 Å². The molecule has 0 spiro atoms. The Bertz CT molecular complexity index is 485. The fourth-order valence-electron chi connectivity index (χ4n) is 2.01. The summed E-state index contributed by atoms with van der Waals surface area (Å²) < 4.78 is 15.9.